The largest absolute Gasteiger partial charge is 0.494 e. The van der Waals surface area contributed by atoms with Crippen molar-refractivity contribution in [2.45, 2.75) is 38.6 Å². The van der Waals surface area contributed by atoms with Gasteiger partial charge in [-0.3, -0.25) is 4.90 Å². The second kappa shape index (κ2) is 12.4. The van der Waals surface area contributed by atoms with Gasteiger partial charge in [-0.1, -0.05) is 37.6 Å². The molecule has 0 amide bonds. The summed E-state index contributed by atoms with van der Waals surface area (Å²) in [6, 6.07) is 15.3. The highest BCUT2D eigenvalue weighted by atomic mass is 35.5. The predicted molar refractivity (Wildman–Crippen MR) is 161 cm³/mol. The molecule has 39 heavy (non-hydrogen) atoms. The maximum absolute atomic E-state index is 6.41. The van der Waals surface area contributed by atoms with Gasteiger partial charge in [-0.25, -0.2) is 4.98 Å². The Labute approximate surface area is 237 Å². The topological polar surface area (TPSA) is 68.8 Å². The van der Waals surface area contributed by atoms with Gasteiger partial charge in [0, 0.05) is 62.8 Å². The number of nitrogens with zero attached hydrogens (tertiary/aromatic N) is 5. The standard InChI is InChI=1S/C30H40ClN7O/c1-21(2)22-5-7-23(8-6-22)33-29-26(31)20-32-30(35-29)34-27-10-9-25(19-28(27)39-4)37-13-11-24(12-14-37)38-17-15-36(3)16-18-38/h5-10,19-21,24H,11-18H2,1-4H3,(H2,32,33,34,35). The Balaban J connectivity index is 1.23. The van der Waals surface area contributed by atoms with E-state index in [-0.39, 0.29) is 0 Å². The zero-order valence-corrected chi connectivity index (χ0v) is 24.2. The van der Waals surface area contributed by atoms with Gasteiger partial charge in [0.15, 0.2) is 5.82 Å². The molecule has 2 aromatic carbocycles. The molecule has 5 rings (SSSR count). The van der Waals surface area contributed by atoms with E-state index in [1.54, 1.807) is 13.3 Å². The smallest absolute Gasteiger partial charge is 0.229 e. The Morgan fingerprint density at radius 2 is 1.67 bits per heavy atom. The summed E-state index contributed by atoms with van der Waals surface area (Å²) < 4.78 is 5.76. The highest BCUT2D eigenvalue weighted by molar-refractivity contribution is 6.32. The van der Waals surface area contributed by atoms with Crippen molar-refractivity contribution in [3.63, 3.8) is 0 Å². The summed E-state index contributed by atoms with van der Waals surface area (Å²) in [5.41, 5.74) is 4.19. The van der Waals surface area contributed by atoms with Gasteiger partial charge in [0.25, 0.3) is 0 Å². The quantitative estimate of drug-likeness (QED) is 0.356. The van der Waals surface area contributed by atoms with Crippen LogP contribution in [0, 0.1) is 0 Å². The number of likely N-dealkylation sites (N-methyl/N-ethyl adjacent to an activating group) is 1. The van der Waals surface area contributed by atoms with Crippen molar-refractivity contribution in [2.75, 3.05) is 69.0 Å². The number of halogens is 1. The van der Waals surface area contributed by atoms with E-state index < -0.39 is 0 Å². The molecule has 2 aliphatic rings. The Hall–Kier alpha value is -3.07. The summed E-state index contributed by atoms with van der Waals surface area (Å²) in [6.45, 7) is 11.2. The Kier molecular flexibility index (Phi) is 8.75. The van der Waals surface area contributed by atoms with Crippen molar-refractivity contribution in [3.8, 4) is 5.75 Å². The summed E-state index contributed by atoms with van der Waals surface area (Å²) in [5, 5.41) is 7.07. The second-order valence-electron chi connectivity index (χ2n) is 10.9. The summed E-state index contributed by atoms with van der Waals surface area (Å²) in [7, 11) is 3.91. The Morgan fingerprint density at radius 1 is 0.949 bits per heavy atom. The first kappa shape index (κ1) is 27.5. The monoisotopic (exact) mass is 549 g/mol. The third-order valence-corrected chi connectivity index (χ3v) is 8.18. The minimum absolute atomic E-state index is 0.444. The normalized spacial score (nSPS) is 17.4. The fourth-order valence-corrected chi connectivity index (χ4v) is 5.52. The number of rotatable bonds is 8. The van der Waals surface area contributed by atoms with Gasteiger partial charge in [-0.15, -0.1) is 0 Å². The molecule has 3 aromatic rings. The van der Waals surface area contributed by atoms with E-state index in [2.05, 4.69) is 80.5 Å². The summed E-state index contributed by atoms with van der Waals surface area (Å²) in [4.78, 5) is 16.6. The van der Waals surface area contributed by atoms with Crippen molar-refractivity contribution in [1.82, 2.24) is 19.8 Å². The number of hydrogen-bond donors (Lipinski definition) is 2. The van der Waals surface area contributed by atoms with E-state index in [0.717, 1.165) is 30.2 Å². The van der Waals surface area contributed by atoms with Crippen LogP contribution in [0.15, 0.2) is 48.7 Å². The number of hydrogen-bond acceptors (Lipinski definition) is 8. The van der Waals surface area contributed by atoms with Crippen LogP contribution < -0.4 is 20.3 Å². The average Bonchev–Trinajstić information content (AvgIpc) is 2.96. The molecule has 0 bridgehead atoms. The van der Waals surface area contributed by atoms with Gasteiger partial charge in [0.2, 0.25) is 5.95 Å². The van der Waals surface area contributed by atoms with E-state index in [1.807, 2.05) is 18.2 Å². The lowest BCUT2D eigenvalue weighted by atomic mass is 10.0. The van der Waals surface area contributed by atoms with Crippen LogP contribution in [0.1, 0.15) is 38.2 Å². The molecule has 8 nitrogen and oxygen atoms in total. The van der Waals surface area contributed by atoms with Crippen LogP contribution in [-0.2, 0) is 0 Å². The molecule has 0 radical (unpaired) electrons. The van der Waals surface area contributed by atoms with Crippen molar-refractivity contribution < 1.29 is 4.74 Å². The molecule has 3 heterocycles. The molecule has 0 saturated carbocycles. The molecule has 2 aliphatic heterocycles. The van der Waals surface area contributed by atoms with Crippen LogP contribution in [0.3, 0.4) is 0 Å². The van der Waals surface area contributed by atoms with Crippen LogP contribution in [0.5, 0.6) is 5.75 Å². The van der Waals surface area contributed by atoms with Gasteiger partial charge in [-0.05, 0) is 55.6 Å². The number of aromatic nitrogens is 2. The number of anilines is 5. The van der Waals surface area contributed by atoms with E-state index in [0.29, 0.717) is 28.7 Å². The molecule has 2 fully saturated rings. The third-order valence-electron chi connectivity index (χ3n) is 7.90. The molecule has 0 atom stereocenters. The van der Waals surface area contributed by atoms with E-state index in [4.69, 9.17) is 16.3 Å². The van der Waals surface area contributed by atoms with E-state index in [1.165, 1.54) is 50.3 Å². The molecular formula is C30H40ClN7O. The third kappa shape index (κ3) is 6.75. The van der Waals surface area contributed by atoms with E-state index >= 15 is 0 Å². The number of benzene rings is 2. The first-order valence-electron chi connectivity index (χ1n) is 13.9. The average molecular weight is 550 g/mol. The maximum Gasteiger partial charge on any atom is 0.229 e. The molecule has 2 saturated heterocycles. The lowest BCUT2D eigenvalue weighted by Crippen LogP contribution is -2.52. The number of ether oxygens (including phenoxy) is 1. The van der Waals surface area contributed by atoms with Crippen molar-refractivity contribution in [3.05, 3.63) is 59.2 Å². The molecule has 0 unspecified atom stereocenters. The molecule has 1 aromatic heterocycles. The second-order valence-corrected chi connectivity index (χ2v) is 11.3. The fraction of sp³-hybridized carbons (Fsp3) is 0.467. The van der Waals surface area contributed by atoms with Gasteiger partial charge >= 0.3 is 0 Å². The van der Waals surface area contributed by atoms with E-state index in [9.17, 15) is 0 Å². The van der Waals surface area contributed by atoms with Crippen LogP contribution in [-0.4, -0.2) is 79.2 Å². The summed E-state index contributed by atoms with van der Waals surface area (Å²) in [5.74, 6) is 2.23. The van der Waals surface area contributed by atoms with Crippen molar-refractivity contribution in [2.24, 2.45) is 0 Å². The highest BCUT2D eigenvalue weighted by Crippen LogP contribution is 2.34. The molecule has 208 valence electrons. The minimum Gasteiger partial charge on any atom is -0.494 e. The minimum atomic E-state index is 0.444. The number of piperazine rings is 1. The maximum atomic E-state index is 6.41. The summed E-state index contributed by atoms with van der Waals surface area (Å²) in [6.07, 6.45) is 3.99. The number of methoxy groups -OCH3 is 1. The van der Waals surface area contributed by atoms with Crippen LogP contribution in [0.4, 0.5) is 28.8 Å². The molecule has 9 heteroatoms. The van der Waals surface area contributed by atoms with Crippen molar-refractivity contribution in [1.29, 1.82) is 0 Å². The SMILES string of the molecule is COc1cc(N2CCC(N3CCN(C)CC3)CC2)ccc1Nc1ncc(Cl)c(Nc2ccc(C(C)C)cc2)n1. The van der Waals surface area contributed by atoms with Gasteiger partial charge in [0.1, 0.15) is 10.8 Å². The van der Waals surface area contributed by atoms with Crippen LogP contribution in [0.25, 0.3) is 0 Å². The Morgan fingerprint density at radius 3 is 2.33 bits per heavy atom. The highest BCUT2D eigenvalue weighted by Gasteiger charge is 2.27. The Bertz CT molecular complexity index is 1240. The first-order chi connectivity index (χ1) is 18.9. The zero-order valence-electron chi connectivity index (χ0n) is 23.5. The zero-order chi connectivity index (χ0) is 27.4. The molecule has 2 N–H and O–H groups in total. The van der Waals surface area contributed by atoms with Gasteiger partial charge < -0.3 is 25.2 Å². The molecule has 0 aliphatic carbocycles. The van der Waals surface area contributed by atoms with Gasteiger partial charge in [0.05, 0.1) is 19.0 Å². The van der Waals surface area contributed by atoms with Gasteiger partial charge in [-0.2, -0.15) is 4.98 Å². The molecular weight excluding hydrogens is 510 g/mol. The molecule has 0 spiro atoms. The summed E-state index contributed by atoms with van der Waals surface area (Å²) >= 11 is 6.41. The first-order valence-corrected chi connectivity index (χ1v) is 14.3. The lowest BCUT2D eigenvalue weighted by Gasteiger charge is -2.42. The van der Waals surface area contributed by atoms with Crippen LogP contribution in [0.2, 0.25) is 5.02 Å². The number of piperidine rings is 1. The fourth-order valence-electron chi connectivity index (χ4n) is 5.38. The number of nitrogens with one attached hydrogen (secondary N) is 2. The van der Waals surface area contributed by atoms with Crippen LogP contribution >= 0.6 is 11.6 Å². The lowest BCUT2D eigenvalue weighted by molar-refractivity contribution is 0.0982. The van der Waals surface area contributed by atoms with Crippen molar-refractivity contribution >= 4 is 40.4 Å². The predicted octanol–water partition coefficient (Wildman–Crippen LogP) is 5.97.